The smallest absolute Gasteiger partial charge is 0.134 e. The second-order valence-corrected chi connectivity index (χ2v) is 5.69. The van der Waals surface area contributed by atoms with Gasteiger partial charge in [0.2, 0.25) is 0 Å². The first kappa shape index (κ1) is 14.4. The summed E-state index contributed by atoms with van der Waals surface area (Å²) in [5.41, 5.74) is 4.54. The summed E-state index contributed by atoms with van der Waals surface area (Å²) in [6, 6.07) is 15.0. The molecule has 0 fully saturated rings. The Hall–Kier alpha value is -1.52. The molecular weight excluding hydrogens is 307 g/mol. The molecular formula is C16H14Cl2N2O. The van der Waals surface area contributed by atoms with E-state index in [0.717, 1.165) is 22.3 Å². The molecule has 0 aliphatic rings. The Morgan fingerprint density at radius 1 is 1.10 bits per heavy atom. The van der Waals surface area contributed by atoms with Crippen molar-refractivity contribution in [3.63, 3.8) is 0 Å². The summed E-state index contributed by atoms with van der Waals surface area (Å²) in [5, 5.41) is 2.36. The fraction of sp³-hybridized carbons (Fsp3) is 0.125. The SMILES string of the molecule is NNC(Cc1cc(Cl)ccc1Cl)c1cc2ccccc2o1. The van der Waals surface area contributed by atoms with Crippen LogP contribution in [0.15, 0.2) is 52.9 Å². The van der Waals surface area contributed by atoms with Crippen molar-refractivity contribution >= 4 is 34.2 Å². The van der Waals surface area contributed by atoms with Crippen LogP contribution in [0.2, 0.25) is 10.0 Å². The van der Waals surface area contributed by atoms with Gasteiger partial charge in [-0.1, -0.05) is 41.4 Å². The van der Waals surface area contributed by atoms with Gasteiger partial charge in [0, 0.05) is 15.4 Å². The van der Waals surface area contributed by atoms with Crippen molar-refractivity contribution in [2.24, 2.45) is 5.84 Å². The third-order valence-electron chi connectivity index (χ3n) is 3.42. The van der Waals surface area contributed by atoms with Crippen LogP contribution in [0.1, 0.15) is 17.4 Å². The zero-order valence-electron chi connectivity index (χ0n) is 11.1. The summed E-state index contributed by atoms with van der Waals surface area (Å²) in [6.07, 6.45) is 0.593. The highest BCUT2D eigenvalue weighted by molar-refractivity contribution is 6.33. The third kappa shape index (κ3) is 3.06. The molecule has 108 valence electrons. The van der Waals surface area contributed by atoms with Gasteiger partial charge in [-0.15, -0.1) is 0 Å². The zero-order valence-corrected chi connectivity index (χ0v) is 12.7. The van der Waals surface area contributed by atoms with E-state index in [1.54, 1.807) is 12.1 Å². The van der Waals surface area contributed by atoms with Gasteiger partial charge in [0.05, 0.1) is 6.04 Å². The minimum absolute atomic E-state index is 0.173. The molecule has 1 atom stereocenters. The number of benzene rings is 2. The van der Waals surface area contributed by atoms with Crippen LogP contribution < -0.4 is 11.3 Å². The van der Waals surface area contributed by atoms with Crippen LogP contribution in [0.5, 0.6) is 0 Å². The minimum Gasteiger partial charge on any atom is -0.459 e. The molecule has 2 aromatic carbocycles. The van der Waals surface area contributed by atoms with Crippen molar-refractivity contribution in [3.8, 4) is 0 Å². The Morgan fingerprint density at radius 3 is 2.67 bits per heavy atom. The molecule has 0 saturated heterocycles. The van der Waals surface area contributed by atoms with E-state index in [9.17, 15) is 0 Å². The molecule has 0 amide bonds. The van der Waals surface area contributed by atoms with Crippen LogP contribution in [0.3, 0.4) is 0 Å². The van der Waals surface area contributed by atoms with Gasteiger partial charge in [-0.05, 0) is 42.3 Å². The zero-order chi connectivity index (χ0) is 14.8. The summed E-state index contributed by atoms with van der Waals surface area (Å²) in [4.78, 5) is 0. The van der Waals surface area contributed by atoms with Gasteiger partial charge in [0.25, 0.3) is 0 Å². The van der Waals surface area contributed by atoms with Crippen molar-refractivity contribution in [2.45, 2.75) is 12.5 Å². The first-order valence-electron chi connectivity index (χ1n) is 6.56. The molecule has 3 aromatic rings. The molecule has 1 unspecified atom stereocenters. The van der Waals surface area contributed by atoms with Crippen LogP contribution in [-0.4, -0.2) is 0 Å². The molecule has 1 aromatic heterocycles. The number of fused-ring (bicyclic) bond motifs is 1. The maximum absolute atomic E-state index is 6.21. The van der Waals surface area contributed by atoms with Gasteiger partial charge in [-0.3, -0.25) is 5.84 Å². The number of rotatable bonds is 4. The Morgan fingerprint density at radius 2 is 1.90 bits per heavy atom. The molecule has 0 radical (unpaired) electrons. The maximum atomic E-state index is 6.21. The molecule has 0 spiro atoms. The van der Waals surface area contributed by atoms with E-state index in [0.29, 0.717) is 16.5 Å². The van der Waals surface area contributed by atoms with Gasteiger partial charge >= 0.3 is 0 Å². The lowest BCUT2D eigenvalue weighted by atomic mass is 10.0. The summed E-state index contributed by atoms with van der Waals surface area (Å²) in [7, 11) is 0. The standard InChI is InChI=1S/C16H14Cl2N2O/c17-12-5-6-13(18)11(7-12)8-14(20-19)16-9-10-3-1-2-4-15(10)21-16/h1-7,9,14,20H,8,19H2. The molecule has 0 saturated carbocycles. The highest BCUT2D eigenvalue weighted by Crippen LogP contribution is 2.29. The van der Waals surface area contributed by atoms with Crippen molar-refractivity contribution in [1.82, 2.24) is 5.43 Å². The number of hydrogen-bond donors (Lipinski definition) is 2. The van der Waals surface area contributed by atoms with Crippen LogP contribution in [0.4, 0.5) is 0 Å². The lowest BCUT2D eigenvalue weighted by Crippen LogP contribution is -2.29. The first-order valence-corrected chi connectivity index (χ1v) is 7.31. The lowest BCUT2D eigenvalue weighted by molar-refractivity contribution is 0.434. The van der Waals surface area contributed by atoms with Gasteiger partial charge in [-0.25, -0.2) is 5.43 Å². The first-order chi connectivity index (χ1) is 10.2. The molecule has 21 heavy (non-hydrogen) atoms. The molecule has 5 heteroatoms. The van der Waals surface area contributed by atoms with Gasteiger partial charge in [-0.2, -0.15) is 0 Å². The average molecular weight is 321 g/mol. The van der Waals surface area contributed by atoms with Crippen LogP contribution in [0.25, 0.3) is 11.0 Å². The average Bonchev–Trinajstić information content (AvgIpc) is 2.91. The van der Waals surface area contributed by atoms with Crippen LogP contribution >= 0.6 is 23.2 Å². The second-order valence-electron chi connectivity index (χ2n) is 4.85. The fourth-order valence-corrected chi connectivity index (χ4v) is 2.72. The van der Waals surface area contributed by atoms with Gasteiger partial charge in [0.1, 0.15) is 11.3 Å². The summed E-state index contributed by atoms with van der Waals surface area (Å²) < 4.78 is 5.84. The Kier molecular flexibility index (Phi) is 4.17. The number of halogens is 2. The molecule has 3 rings (SSSR count). The fourth-order valence-electron chi connectivity index (χ4n) is 2.34. The van der Waals surface area contributed by atoms with Crippen LogP contribution in [0, 0.1) is 0 Å². The van der Waals surface area contributed by atoms with Crippen molar-refractivity contribution < 1.29 is 4.42 Å². The van der Waals surface area contributed by atoms with E-state index in [2.05, 4.69) is 5.43 Å². The van der Waals surface area contributed by atoms with E-state index in [1.807, 2.05) is 36.4 Å². The van der Waals surface area contributed by atoms with E-state index in [-0.39, 0.29) is 6.04 Å². The number of nitrogens with two attached hydrogens (primary N) is 1. The Bertz CT molecular complexity index is 737. The highest BCUT2D eigenvalue weighted by Gasteiger charge is 2.17. The van der Waals surface area contributed by atoms with E-state index in [1.165, 1.54) is 0 Å². The predicted molar refractivity (Wildman–Crippen MR) is 86.4 cm³/mol. The number of nitrogens with one attached hydrogen (secondary N) is 1. The lowest BCUT2D eigenvalue weighted by Gasteiger charge is -2.14. The number of hydrogen-bond acceptors (Lipinski definition) is 3. The quantitative estimate of drug-likeness (QED) is 0.550. The largest absolute Gasteiger partial charge is 0.459 e. The van der Waals surface area contributed by atoms with E-state index < -0.39 is 0 Å². The highest BCUT2D eigenvalue weighted by atomic mass is 35.5. The Labute approximate surface area is 132 Å². The molecule has 1 heterocycles. The number of furan rings is 1. The van der Waals surface area contributed by atoms with Gasteiger partial charge in [0.15, 0.2) is 0 Å². The van der Waals surface area contributed by atoms with Gasteiger partial charge < -0.3 is 4.42 Å². The van der Waals surface area contributed by atoms with Crippen molar-refractivity contribution in [2.75, 3.05) is 0 Å². The predicted octanol–water partition coefficient (Wildman–Crippen LogP) is 4.49. The van der Waals surface area contributed by atoms with E-state index in [4.69, 9.17) is 33.5 Å². The molecule has 0 aliphatic carbocycles. The van der Waals surface area contributed by atoms with Crippen molar-refractivity contribution in [3.05, 3.63) is 69.9 Å². The van der Waals surface area contributed by atoms with E-state index >= 15 is 0 Å². The minimum atomic E-state index is -0.173. The monoisotopic (exact) mass is 320 g/mol. The van der Waals surface area contributed by atoms with Crippen molar-refractivity contribution in [1.29, 1.82) is 0 Å². The Balaban J connectivity index is 1.92. The summed E-state index contributed by atoms with van der Waals surface area (Å²) in [5.74, 6) is 6.45. The second kappa shape index (κ2) is 6.08. The molecule has 3 N–H and O–H groups in total. The maximum Gasteiger partial charge on any atom is 0.134 e. The third-order valence-corrected chi connectivity index (χ3v) is 4.02. The molecule has 0 aliphatic heterocycles. The topological polar surface area (TPSA) is 51.2 Å². The summed E-state index contributed by atoms with van der Waals surface area (Å²) in [6.45, 7) is 0. The normalized spacial score (nSPS) is 12.7. The number of hydrazine groups is 1. The summed E-state index contributed by atoms with van der Waals surface area (Å²) >= 11 is 12.2. The number of para-hydroxylation sites is 1. The molecule has 0 bridgehead atoms. The van der Waals surface area contributed by atoms with Crippen LogP contribution in [-0.2, 0) is 6.42 Å². The molecule has 3 nitrogen and oxygen atoms in total.